The molecule has 1 aromatic rings. The molecule has 0 N–H and O–H groups in total. The second-order valence-electron chi connectivity index (χ2n) is 6.00. The zero-order chi connectivity index (χ0) is 15.4. The van der Waals surface area contributed by atoms with Gasteiger partial charge in [0.05, 0.1) is 24.2 Å². The van der Waals surface area contributed by atoms with Gasteiger partial charge < -0.3 is 14.4 Å². The van der Waals surface area contributed by atoms with Crippen LogP contribution in [0.5, 0.6) is 0 Å². The van der Waals surface area contributed by atoms with E-state index >= 15 is 0 Å². The number of nitrogens with zero attached hydrogens (tertiary/aromatic N) is 2. The van der Waals surface area contributed by atoms with Gasteiger partial charge in [-0.3, -0.25) is 10.1 Å². The van der Waals surface area contributed by atoms with Gasteiger partial charge >= 0.3 is 0 Å². The number of para-hydroxylation sites is 2. The number of nitro benzene ring substituents is 1. The SMILES string of the molecule is O=[N+]([O-])c1ccccc1N1CCC(OCC2CCOC2)CC1. The molecule has 2 aliphatic rings. The standard InChI is InChI=1S/C16H22N2O4/c19-18(20)16-4-2-1-3-15(16)17-8-5-14(6-9-17)22-12-13-7-10-21-11-13/h1-4,13-14H,5-12H2. The Kier molecular flexibility index (Phi) is 4.90. The van der Waals surface area contributed by atoms with Gasteiger partial charge in [0, 0.05) is 31.7 Å². The number of rotatable bonds is 5. The quantitative estimate of drug-likeness (QED) is 0.618. The van der Waals surface area contributed by atoms with Gasteiger partial charge in [-0.25, -0.2) is 0 Å². The number of ether oxygens (including phenoxy) is 2. The van der Waals surface area contributed by atoms with E-state index in [1.165, 1.54) is 0 Å². The topological polar surface area (TPSA) is 64.8 Å². The van der Waals surface area contributed by atoms with E-state index in [4.69, 9.17) is 9.47 Å². The van der Waals surface area contributed by atoms with Crippen LogP contribution in [-0.2, 0) is 9.47 Å². The maximum absolute atomic E-state index is 11.1. The number of benzene rings is 1. The van der Waals surface area contributed by atoms with Crippen LogP contribution in [0.3, 0.4) is 0 Å². The molecular weight excluding hydrogens is 284 g/mol. The van der Waals surface area contributed by atoms with Crippen LogP contribution < -0.4 is 4.90 Å². The maximum atomic E-state index is 11.1. The number of hydrogen-bond acceptors (Lipinski definition) is 5. The van der Waals surface area contributed by atoms with Gasteiger partial charge in [-0.05, 0) is 25.3 Å². The molecule has 2 heterocycles. The predicted octanol–water partition coefficient (Wildman–Crippen LogP) is 2.62. The minimum absolute atomic E-state index is 0.185. The molecule has 22 heavy (non-hydrogen) atoms. The van der Waals surface area contributed by atoms with E-state index in [1.807, 2.05) is 12.1 Å². The van der Waals surface area contributed by atoms with E-state index in [2.05, 4.69) is 4.90 Å². The van der Waals surface area contributed by atoms with Crippen LogP contribution in [-0.4, -0.2) is 43.9 Å². The van der Waals surface area contributed by atoms with Crippen molar-refractivity contribution in [3.8, 4) is 0 Å². The third-order valence-corrected chi connectivity index (χ3v) is 4.45. The van der Waals surface area contributed by atoms with Crippen LogP contribution >= 0.6 is 0 Å². The number of anilines is 1. The number of piperidine rings is 1. The van der Waals surface area contributed by atoms with Gasteiger partial charge in [0.1, 0.15) is 5.69 Å². The van der Waals surface area contributed by atoms with E-state index in [0.29, 0.717) is 5.92 Å². The first-order valence-corrected chi connectivity index (χ1v) is 7.92. The van der Waals surface area contributed by atoms with Gasteiger partial charge in [-0.15, -0.1) is 0 Å². The molecule has 2 aliphatic heterocycles. The smallest absolute Gasteiger partial charge is 0.292 e. The predicted molar refractivity (Wildman–Crippen MR) is 83.2 cm³/mol. The van der Waals surface area contributed by atoms with Crippen LogP contribution in [0.4, 0.5) is 11.4 Å². The van der Waals surface area contributed by atoms with E-state index in [1.54, 1.807) is 12.1 Å². The summed E-state index contributed by atoms with van der Waals surface area (Å²) in [4.78, 5) is 12.9. The Labute approximate surface area is 130 Å². The number of hydrogen-bond donors (Lipinski definition) is 0. The summed E-state index contributed by atoms with van der Waals surface area (Å²) >= 11 is 0. The summed E-state index contributed by atoms with van der Waals surface area (Å²) in [5, 5.41) is 11.1. The molecular formula is C16H22N2O4. The third-order valence-electron chi connectivity index (χ3n) is 4.45. The molecule has 1 unspecified atom stereocenters. The lowest BCUT2D eigenvalue weighted by atomic mass is 10.1. The highest BCUT2D eigenvalue weighted by Crippen LogP contribution is 2.30. The van der Waals surface area contributed by atoms with Crippen LogP contribution in [0, 0.1) is 16.0 Å². The lowest BCUT2D eigenvalue weighted by molar-refractivity contribution is -0.384. The lowest BCUT2D eigenvalue weighted by Crippen LogP contribution is -2.38. The summed E-state index contributed by atoms with van der Waals surface area (Å²) in [6.45, 7) is 4.04. The Bertz CT molecular complexity index is 509. The molecule has 1 atom stereocenters. The molecule has 2 fully saturated rings. The fourth-order valence-electron chi connectivity index (χ4n) is 3.14. The second-order valence-corrected chi connectivity index (χ2v) is 6.00. The van der Waals surface area contributed by atoms with Gasteiger partial charge in [0.25, 0.3) is 5.69 Å². The zero-order valence-corrected chi connectivity index (χ0v) is 12.6. The molecule has 0 bridgehead atoms. The van der Waals surface area contributed by atoms with Gasteiger partial charge in [-0.2, -0.15) is 0 Å². The minimum Gasteiger partial charge on any atom is -0.381 e. The summed E-state index contributed by atoms with van der Waals surface area (Å²) in [6, 6.07) is 6.96. The average Bonchev–Trinajstić information content (AvgIpc) is 3.07. The highest BCUT2D eigenvalue weighted by atomic mass is 16.6. The van der Waals surface area contributed by atoms with Gasteiger partial charge in [-0.1, -0.05) is 12.1 Å². The summed E-state index contributed by atoms with van der Waals surface area (Å²) in [7, 11) is 0. The zero-order valence-electron chi connectivity index (χ0n) is 12.6. The first-order chi connectivity index (χ1) is 10.7. The molecule has 0 aliphatic carbocycles. The summed E-state index contributed by atoms with van der Waals surface area (Å²) in [5.74, 6) is 0.535. The van der Waals surface area contributed by atoms with Crippen LogP contribution in [0.25, 0.3) is 0 Å². The average molecular weight is 306 g/mol. The van der Waals surface area contributed by atoms with Crippen LogP contribution in [0.2, 0.25) is 0 Å². The Morgan fingerprint density at radius 2 is 2.05 bits per heavy atom. The van der Waals surface area contributed by atoms with Crippen molar-refractivity contribution < 1.29 is 14.4 Å². The van der Waals surface area contributed by atoms with Gasteiger partial charge in [0.15, 0.2) is 0 Å². The molecule has 0 amide bonds. The molecule has 3 rings (SSSR count). The Balaban J connectivity index is 1.52. The molecule has 120 valence electrons. The Morgan fingerprint density at radius 3 is 2.73 bits per heavy atom. The summed E-state index contributed by atoms with van der Waals surface area (Å²) < 4.78 is 11.3. The molecule has 0 radical (unpaired) electrons. The van der Waals surface area contributed by atoms with Crippen molar-refractivity contribution in [2.45, 2.75) is 25.4 Å². The van der Waals surface area contributed by atoms with Crippen molar-refractivity contribution in [1.82, 2.24) is 0 Å². The van der Waals surface area contributed by atoms with Crippen molar-refractivity contribution in [2.75, 3.05) is 37.8 Å². The third kappa shape index (κ3) is 3.56. The van der Waals surface area contributed by atoms with E-state index in [-0.39, 0.29) is 16.7 Å². The molecule has 0 saturated carbocycles. The van der Waals surface area contributed by atoms with Crippen molar-refractivity contribution in [3.05, 3.63) is 34.4 Å². The minimum atomic E-state index is -0.308. The first-order valence-electron chi connectivity index (χ1n) is 7.92. The fourth-order valence-corrected chi connectivity index (χ4v) is 3.14. The highest BCUT2D eigenvalue weighted by Gasteiger charge is 2.25. The molecule has 1 aromatic carbocycles. The van der Waals surface area contributed by atoms with Crippen molar-refractivity contribution in [3.63, 3.8) is 0 Å². The molecule has 6 heteroatoms. The number of nitro groups is 1. The lowest BCUT2D eigenvalue weighted by Gasteiger charge is -2.33. The molecule has 0 aromatic heterocycles. The summed E-state index contributed by atoms with van der Waals surface area (Å²) in [6.07, 6.45) is 3.19. The van der Waals surface area contributed by atoms with Crippen LogP contribution in [0.15, 0.2) is 24.3 Å². The Hall–Kier alpha value is -1.66. The van der Waals surface area contributed by atoms with E-state index in [0.717, 1.165) is 57.9 Å². The molecule has 2 saturated heterocycles. The van der Waals surface area contributed by atoms with Gasteiger partial charge in [0.2, 0.25) is 0 Å². The van der Waals surface area contributed by atoms with Crippen LogP contribution in [0.1, 0.15) is 19.3 Å². The van der Waals surface area contributed by atoms with Crippen molar-refractivity contribution >= 4 is 11.4 Å². The van der Waals surface area contributed by atoms with Crippen molar-refractivity contribution in [1.29, 1.82) is 0 Å². The molecule has 0 spiro atoms. The largest absolute Gasteiger partial charge is 0.381 e. The second kappa shape index (κ2) is 7.07. The fraction of sp³-hybridized carbons (Fsp3) is 0.625. The van der Waals surface area contributed by atoms with Crippen molar-refractivity contribution in [2.24, 2.45) is 5.92 Å². The maximum Gasteiger partial charge on any atom is 0.292 e. The molecule has 6 nitrogen and oxygen atoms in total. The highest BCUT2D eigenvalue weighted by molar-refractivity contribution is 5.63. The van der Waals surface area contributed by atoms with E-state index in [9.17, 15) is 10.1 Å². The normalized spacial score (nSPS) is 22.9. The van der Waals surface area contributed by atoms with E-state index < -0.39 is 0 Å². The monoisotopic (exact) mass is 306 g/mol. The Morgan fingerprint density at radius 1 is 1.27 bits per heavy atom. The summed E-state index contributed by atoms with van der Waals surface area (Å²) in [5.41, 5.74) is 0.903. The first kappa shape index (κ1) is 15.2.